The zero-order valence-corrected chi connectivity index (χ0v) is 12.9. The number of ether oxygens (including phenoxy) is 1. The van der Waals surface area contributed by atoms with Crippen molar-refractivity contribution in [3.63, 3.8) is 0 Å². The summed E-state index contributed by atoms with van der Waals surface area (Å²) < 4.78 is 50.3. The maximum absolute atomic E-state index is 13.4. The fourth-order valence-corrected chi connectivity index (χ4v) is 2.31. The molecule has 3 aromatic heterocycles. The van der Waals surface area contributed by atoms with Crippen molar-refractivity contribution < 1.29 is 27.1 Å². The number of fused-ring (bicyclic) bond motifs is 1. The number of furan rings is 1. The molecule has 0 saturated heterocycles. The van der Waals surface area contributed by atoms with Gasteiger partial charge in [-0.3, -0.25) is 0 Å². The molecule has 10 heteroatoms. The maximum Gasteiger partial charge on any atom is 0.433 e. The molecule has 0 unspecified atom stereocenters. The smallest absolute Gasteiger partial charge is 0.433 e. The standard InChI is InChI=1S/C14H9ClF3N3O3/c1-2-23-13(22)11-10(15)12-19-7(8-4-3-5-24-8)6-9(14(16,17)18)21(12)20-11/h3-6H,2H2,1H3. The molecule has 0 N–H and O–H groups in total. The van der Waals surface area contributed by atoms with E-state index in [9.17, 15) is 18.0 Å². The number of hydrogen-bond acceptors (Lipinski definition) is 5. The Hall–Kier alpha value is -2.55. The molecule has 24 heavy (non-hydrogen) atoms. The normalized spacial score (nSPS) is 11.9. The van der Waals surface area contributed by atoms with E-state index in [1.807, 2.05) is 0 Å². The second-order valence-corrected chi connectivity index (χ2v) is 5.00. The van der Waals surface area contributed by atoms with E-state index in [2.05, 4.69) is 10.1 Å². The summed E-state index contributed by atoms with van der Waals surface area (Å²) in [4.78, 5) is 15.8. The van der Waals surface area contributed by atoms with Crippen molar-refractivity contribution in [1.82, 2.24) is 14.6 Å². The molecule has 0 radical (unpaired) electrons. The van der Waals surface area contributed by atoms with Crippen LogP contribution < -0.4 is 0 Å². The molecule has 3 aromatic rings. The fraction of sp³-hybridized carbons (Fsp3) is 0.214. The highest BCUT2D eigenvalue weighted by molar-refractivity contribution is 6.36. The van der Waals surface area contributed by atoms with E-state index in [0.717, 1.165) is 6.07 Å². The van der Waals surface area contributed by atoms with E-state index in [1.165, 1.54) is 18.4 Å². The van der Waals surface area contributed by atoms with Gasteiger partial charge < -0.3 is 9.15 Å². The van der Waals surface area contributed by atoms with Crippen LogP contribution in [0.4, 0.5) is 13.2 Å². The Morgan fingerprint density at radius 2 is 2.21 bits per heavy atom. The van der Waals surface area contributed by atoms with E-state index >= 15 is 0 Å². The summed E-state index contributed by atoms with van der Waals surface area (Å²) in [5, 5.41) is 3.29. The van der Waals surface area contributed by atoms with Gasteiger partial charge >= 0.3 is 12.1 Å². The lowest BCUT2D eigenvalue weighted by Gasteiger charge is -2.09. The van der Waals surface area contributed by atoms with E-state index < -0.39 is 23.5 Å². The van der Waals surface area contributed by atoms with Crippen LogP contribution in [0.1, 0.15) is 23.1 Å². The number of aromatic nitrogens is 3. The van der Waals surface area contributed by atoms with Crippen LogP contribution in [0.3, 0.4) is 0 Å². The number of nitrogens with zero attached hydrogens (tertiary/aromatic N) is 3. The first kappa shape index (κ1) is 16.3. The molecule has 0 fully saturated rings. The third kappa shape index (κ3) is 2.71. The van der Waals surface area contributed by atoms with Gasteiger partial charge in [-0.25, -0.2) is 14.3 Å². The first-order valence-electron chi connectivity index (χ1n) is 6.70. The Morgan fingerprint density at radius 1 is 1.46 bits per heavy atom. The van der Waals surface area contributed by atoms with Crippen LogP contribution >= 0.6 is 11.6 Å². The topological polar surface area (TPSA) is 69.6 Å². The molecule has 3 rings (SSSR count). The predicted molar refractivity (Wildman–Crippen MR) is 76.7 cm³/mol. The highest BCUT2D eigenvalue weighted by Gasteiger charge is 2.37. The van der Waals surface area contributed by atoms with Crippen LogP contribution in [-0.2, 0) is 10.9 Å². The molecular formula is C14H9ClF3N3O3. The number of esters is 1. The summed E-state index contributed by atoms with van der Waals surface area (Å²) in [5.74, 6) is -0.807. The van der Waals surface area contributed by atoms with Gasteiger partial charge in [-0.15, -0.1) is 0 Å². The van der Waals surface area contributed by atoms with E-state index in [1.54, 1.807) is 6.92 Å². The Kier molecular flexibility index (Phi) is 3.96. The monoisotopic (exact) mass is 359 g/mol. The largest absolute Gasteiger partial charge is 0.463 e. The molecule has 0 bridgehead atoms. The predicted octanol–water partition coefficient (Wildman–Crippen LogP) is 3.84. The van der Waals surface area contributed by atoms with Crippen LogP contribution in [-0.4, -0.2) is 27.2 Å². The average Bonchev–Trinajstić information content (AvgIpc) is 3.14. The second kappa shape index (κ2) is 5.82. The minimum Gasteiger partial charge on any atom is -0.463 e. The first-order valence-corrected chi connectivity index (χ1v) is 7.08. The van der Waals surface area contributed by atoms with Gasteiger partial charge in [-0.05, 0) is 25.1 Å². The number of hydrogen-bond donors (Lipinski definition) is 0. The van der Waals surface area contributed by atoms with Crippen molar-refractivity contribution >= 4 is 23.2 Å². The number of halogens is 4. The van der Waals surface area contributed by atoms with Crippen LogP contribution in [0.5, 0.6) is 0 Å². The third-order valence-electron chi connectivity index (χ3n) is 3.07. The zero-order chi connectivity index (χ0) is 17.5. The minimum absolute atomic E-state index is 0.0280. The van der Waals surface area contributed by atoms with Gasteiger partial charge in [-0.1, -0.05) is 11.6 Å². The van der Waals surface area contributed by atoms with Gasteiger partial charge in [0.05, 0.1) is 12.9 Å². The van der Waals surface area contributed by atoms with Crippen LogP contribution in [0, 0.1) is 0 Å². The van der Waals surface area contributed by atoms with Crippen molar-refractivity contribution in [2.75, 3.05) is 6.61 Å². The van der Waals surface area contributed by atoms with E-state index in [-0.39, 0.29) is 28.7 Å². The van der Waals surface area contributed by atoms with Crippen molar-refractivity contribution in [3.05, 3.63) is 40.9 Å². The van der Waals surface area contributed by atoms with Crippen LogP contribution in [0.25, 0.3) is 17.1 Å². The summed E-state index contributed by atoms with van der Waals surface area (Å²) in [5.41, 5.74) is -1.98. The van der Waals surface area contributed by atoms with Gasteiger partial charge in [0, 0.05) is 0 Å². The zero-order valence-electron chi connectivity index (χ0n) is 12.1. The first-order chi connectivity index (χ1) is 11.3. The molecule has 0 aliphatic rings. The lowest BCUT2D eigenvalue weighted by molar-refractivity contribution is -0.142. The molecular weight excluding hydrogens is 351 g/mol. The van der Waals surface area contributed by atoms with Gasteiger partial charge in [-0.2, -0.15) is 18.3 Å². The average molecular weight is 360 g/mol. The Labute approximate surface area is 137 Å². The quantitative estimate of drug-likeness (QED) is 0.664. The summed E-state index contributed by atoms with van der Waals surface area (Å²) in [6, 6.07) is 3.73. The number of carbonyl (C=O) groups is 1. The highest BCUT2D eigenvalue weighted by Crippen LogP contribution is 2.34. The fourth-order valence-electron chi connectivity index (χ4n) is 2.07. The molecule has 3 heterocycles. The SMILES string of the molecule is CCOC(=O)c1nn2c(C(F)(F)F)cc(-c3ccco3)nc2c1Cl. The number of rotatable bonds is 3. The molecule has 0 spiro atoms. The van der Waals surface area contributed by atoms with Crippen molar-refractivity contribution in [2.24, 2.45) is 0 Å². The Morgan fingerprint density at radius 3 is 2.79 bits per heavy atom. The van der Waals surface area contributed by atoms with Crippen molar-refractivity contribution in [2.45, 2.75) is 13.1 Å². The lowest BCUT2D eigenvalue weighted by Crippen LogP contribution is -2.14. The van der Waals surface area contributed by atoms with E-state index in [0.29, 0.717) is 4.52 Å². The Balaban J connectivity index is 2.30. The van der Waals surface area contributed by atoms with Gasteiger partial charge in [0.2, 0.25) is 0 Å². The minimum atomic E-state index is -4.75. The van der Waals surface area contributed by atoms with Crippen LogP contribution in [0.15, 0.2) is 28.9 Å². The van der Waals surface area contributed by atoms with Gasteiger partial charge in [0.1, 0.15) is 10.7 Å². The number of alkyl halides is 3. The second-order valence-electron chi connectivity index (χ2n) is 4.62. The highest BCUT2D eigenvalue weighted by atomic mass is 35.5. The molecule has 6 nitrogen and oxygen atoms in total. The summed E-state index contributed by atoms with van der Waals surface area (Å²) in [6.45, 7) is 1.58. The van der Waals surface area contributed by atoms with Gasteiger partial charge in [0.25, 0.3) is 0 Å². The Bertz CT molecular complexity index is 904. The molecule has 126 valence electrons. The van der Waals surface area contributed by atoms with Gasteiger partial charge in [0.15, 0.2) is 22.8 Å². The number of carbonyl (C=O) groups excluding carboxylic acids is 1. The van der Waals surface area contributed by atoms with Crippen molar-refractivity contribution in [1.29, 1.82) is 0 Å². The van der Waals surface area contributed by atoms with Crippen molar-refractivity contribution in [3.8, 4) is 11.5 Å². The molecule has 0 aliphatic heterocycles. The lowest BCUT2D eigenvalue weighted by atomic mass is 10.2. The summed E-state index contributed by atoms with van der Waals surface area (Å²) in [7, 11) is 0. The summed E-state index contributed by atoms with van der Waals surface area (Å²) in [6.07, 6.45) is -3.44. The third-order valence-corrected chi connectivity index (χ3v) is 3.41. The molecule has 0 aliphatic carbocycles. The van der Waals surface area contributed by atoms with E-state index in [4.69, 9.17) is 20.8 Å². The summed E-state index contributed by atoms with van der Waals surface area (Å²) >= 11 is 6.00. The molecule has 0 amide bonds. The maximum atomic E-state index is 13.4. The molecule has 0 atom stereocenters. The molecule has 0 saturated carbocycles. The van der Waals surface area contributed by atoms with Crippen LogP contribution in [0.2, 0.25) is 5.02 Å². The molecule has 0 aromatic carbocycles.